The van der Waals surface area contributed by atoms with E-state index in [1.165, 1.54) is 12.1 Å². The molecular weight excluding hydrogens is 343 g/mol. The largest absolute Gasteiger partial charge is 0.497 e. The Kier molecular flexibility index (Phi) is 5.12. The van der Waals surface area contributed by atoms with Crippen molar-refractivity contribution in [2.75, 3.05) is 26.7 Å². The molecule has 3 aliphatic heterocycles. The minimum atomic E-state index is -0.204. The number of methoxy groups -OCH3 is 1. The number of piperidine rings is 1. The van der Waals surface area contributed by atoms with Crippen molar-refractivity contribution in [2.24, 2.45) is 5.92 Å². The highest BCUT2D eigenvalue weighted by Gasteiger charge is 2.37. The van der Waals surface area contributed by atoms with Crippen LogP contribution in [0.5, 0.6) is 5.75 Å². The second kappa shape index (κ2) is 7.69. The van der Waals surface area contributed by atoms with Crippen molar-refractivity contribution >= 4 is 5.91 Å². The molecule has 0 unspecified atom stereocenters. The number of halogens is 1. The van der Waals surface area contributed by atoms with Crippen LogP contribution in [-0.4, -0.2) is 48.5 Å². The molecule has 0 aliphatic carbocycles. The van der Waals surface area contributed by atoms with E-state index in [4.69, 9.17) is 4.74 Å². The molecule has 2 atom stereocenters. The number of rotatable bonds is 4. The van der Waals surface area contributed by atoms with Crippen molar-refractivity contribution in [3.05, 3.63) is 65.5 Å². The summed E-state index contributed by atoms with van der Waals surface area (Å²) in [4.78, 5) is 17.6. The van der Waals surface area contributed by atoms with E-state index < -0.39 is 0 Å². The maximum Gasteiger partial charge on any atom is 0.254 e. The third-order valence-electron chi connectivity index (χ3n) is 5.69. The number of carbonyl (C=O) groups is 1. The number of amides is 1. The summed E-state index contributed by atoms with van der Waals surface area (Å²) in [6, 6.07) is 14.3. The van der Waals surface area contributed by atoms with Gasteiger partial charge in [0.1, 0.15) is 11.6 Å². The lowest BCUT2D eigenvalue weighted by molar-refractivity contribution is 0.0584. The number of carbonyl (C=O) groups excluding carboxylic acids is 1. The molecule has 0 saturated carbocycles. The zero-order valence-corrected chi connectivity index (χ0v) is 15.6. The highest BCUT2D eigenvalue weighted by molar-refractivity contribution is 5.95. The standard InChI is InChI=1S/C22H25FN2O2/c1-27-21-4-2-3-18(11-21)22(26)25-14-17-7-10-20(25)15-24(13-17)12-16-5-8-19(23)9-6-16/h2-6,8-9,11,17,20H,7,10,12-15H2,1H3/t17-,20+/m0/s1. The van der Waals surface area contributed by atoms with Crippen LogP contribution in [0.15, 0.2) is 48.5 Å². The van der Waals surface area contributed by atoms with E-state index >= 15 is 0 Å². The lowest BCUT2D eigenvalue weighted by Gasteiger charge is -2.36. The number of fused-ring (bicyclic) bond motifs is 4. The van der Waals surface area contributed by atoms with Gasteiger partial charge in [0.25, 0.3) is 5.91 Å². The van der Waals surface area contributed by atoms with E-state index in [9.17, 15) is 9.18 Å². The monoisotopic (exact) mass is 368 g/mol. The second-order valence-electron chi connectivity index (χ2n) is 7.61. The molecule has 2 bridgehead atoms. The Morgan fingerprint density at radius 2 is 1.93 bits per heavy atom. The van der Waals surface area contributed by atoms with E-state index in [1.807, 2.05) is 41.3 Å². The Balaban J connectivity index is 1.49. The number of hydrogen-bond acceptors (Lipinski definition) is 3. The summed E-state index contributed by atoms with van der Waals surface area (Å²) in [6.07, 6.45) is 2.20. The molecule has 3 saturated heterocycles. The molecular formula is C22H25FN2O2. The number of benzene rings is 2. The predicted octanol–water partition coefficient (Wildman–Crippen LogP) is 3.57. The first-order chi connectivity index (χ1) is 13.1. The molecule has 5 rings (SSSR count). The molecule has 0 N–H and O–H groups in total. The smallest absolute Gasteiger partial charge is 0.254 e. The average Bonchev–Trinajstić information content (AvgIpc) is 3.00. The molecule has 0 aromatic heterocycles. The molecule has 5 heteroatoms. The quantitative estimate of drug-likeness (QED) is 0.827. The van der Waals surface area contributed by atoms with Gasteiger partial charge < -0.3 is 9.64 Å². The molecule has 2 aromatic carbocycles. The van der Waals surface area contributed by atoms with Crippen LogP contribution in [0.4, 0.5) is 4.39 Å². The van der Waals surface area contributed by atoms with Crippen LogP contribution in [0.2, 0.25) is 0 Å². The molecule has 3 heterocycles. The van der Waals surface area contributed by atoms with E-state index in [1.54, 1.807) is 7.11 Å². The van der Waals surface area contributed by atoms with E-state index in [-0.39, 0.29) is 17.8 Å². The summed E-state index contributed by atoms with van der Waals surface area (Å²) in [5.74, 6) is 1.08. The Morgan fingerprint density at radius 1 is 1.11 bits per heavy atom. The van der Waals surface area contributed by atoms with Crippen LogP contribution in [0.3, 0.4) is 0 Å². The Bertz CT molecular complexity index is 808. The van der Waals surface area contributed by atoms with Gasteiger partial charge in [-0.3, -0.25) is 9.69 Å². The molecule has 3 fully saturated rings. The molecule has 0 radical (unpaired) electrons. The maximum absolute atomic E-state index is 13.2. The van der Waals surface area contributed by atoms with Crippen molar-refractivity contribution < 1.29 is 13.9 Å². The second-order valence-corrected chi connectivity index (χ2v) is 7.61. The van der Waals surface area contributed by atoms with Gasteiger partial charge in [-0.1, -0.05) is 18.2 Å². The van der Waals surface area contributed by atoms with Gasteiger partial charge in [0, 0.05) is 37.8 Å². The van der Waals surface area contributed by atoms with Crippen molar-refractivity contribution in [3.63, 3.8) is 0 Å². The summed E-state index contributed by atoms with van der Waals surface area (Å²) in [6.45, 7) is 3.45. The van der Waals surface area contributed by atoms with Gasteiger partial charge in [-0.05, 0) is 54.7 Å². The molecule has 0 spiro atoms. The Hall–Kier alpha value is -2.40. The van der Waals surface area contributed by atoms with Gasteiger partial charge in [-0.25, -0.2) is 4.39 Å². The summed E-state index contributed by atoms with van der Waals surface area (Å²) in [5.41, 5.74) is 1.80. The van der Waals surface area contributed by atoms with Crippen LogP contribution >= 0.6 is 0 Å². The number of nitrogens with zero attached hydrogens (tertiary/aromatic N) is 2. The Morgan fingerprint density at radius 3 is 2.70 bits per heavy atom. The van der Waals surface area contributed by atoms with Crippen LogP contribution < -0.4 is 4.74 Å². The minimum absolute atomic E-state index is 0.0900. The predicted molar refractivity (Wildman–Crippen MR) is 102 cm³/mol. The third-order valence-corrected chi connectivity index (χ3v) is 5.69. The zero-order chi connectivity index (χ0) is 18.8. The molecule has 2 aromatic rings. The van der Waals surface area contributed by atoms with Gasteiger partial charge in [-0.2, -0.15) is 0 Å². The summed E-state index contributed by atoms with van der Waals surface area (Å²) in [7, 11) is 1.62. The molecule has 3 aliphatic rings. The van der Waals surface area contributed by atoms with Crippen molar-refractivity contribution in [1.82, 2.24) is 9.80 Å². The highest BCUT2D eigenvalue weighted by atomic mass is 19.1. The summed E-state index contributed by atoms with van der Waals surface area (Å²) >= 11 is 0. The SMILES string of the molecule is COc1cccc(C(=O)N2C[C@H]3CC[C@@H]2CN(Cc2ccc(F)cc2)C3)c1. The first kappa shape index (κ1) is 18.0. The van der Waals surface area contributed by atoms with Crippen LogP contribution in [-0.2, 0) is 6.54 Å². The topological polar surface area (TPSA) is 32.8 Å². The lowest BCUT2D eigenvalue weighted by Crippen LogP contribution is -2.47. The average molecular weight is 368 g/mol. The highest BCUT2D eigenvalue weighted by Crippen LogP contribution is 2.30. The van der Waals surface area contributed by atoms with Crippen LogP contribution in [0.1, 0.15) is 28.8 Å². The van der Waals surface area contributed by atoms with Gasteiger partial charge in [0.2, 0.25) is 0 Å². The zero-order valence-electron chi connectivity index (χ0n) is 15.6. The van der Waals surface area contributed by atoms with Gasteiger partial charge >= 0.3 is 0 Å². The van der Waals surface area contributed by atoms with Crippen molar-refractivity contribution in [1.29, 1.82) is 0 Å². The van der Waals surface area contributed by atoms with E-state index in [2.05, 4.69) is 4.90 Å². The normalized spacial score (nSPS) is 22.5. The third kappa shape index (κ3) is 3.98. The van der Waals surface area contributed by atoms with Gasteiger partial charge in [0.05, 0.1) is 7.11 Å². The minimum Gasteiger partial charge on any atom is -0.497 e. The summed E-state index contributed by atoms with van der Waals surface area (Å²) in [5, 5.41) is 0. The fourth-order valence-electron chi connectivity index (χ4n) is 4.33. The van der Waals surface area contributed by atoms with Gasteiger partial charge in [-0.15, -0.1) is 0 Å². The Labute approximate surface area is 159 Å². The first-order valence-electron chi connectivity index (χ1n) is 9.54. The number of hydrogen-bond donors (Lipinski definition) is 0. The molecule has 142 valence electrons. The maximum atomic E-state index is 13.2. The first-order valence-corrected chi connectivity index (χ1v) is 9.54. The van der Waals surface area contributed by atoms with Crippen LogP contribution in [0.25, 0.3) is 0 Å². The lowest BCUT2D eigenvalue weighted by atomic mass is 9.94. The number of ether oxygens (including phenoxy) is 1. The fraction of sp³-hybridized carbons (Fsp3) is 0.409. The fourth-order valence-corrected chi connectivity index (χ4v) is 4.33. The molecule has 4 nitrogen and oxygen atoms in total. The van der Waals surface area contributed by atoms with Crippen molar-refractivity contribution in [3.8, 4) is 5.75 Å². The van der Waals surface area contributed by atoms with E-state index in [0.29, 0.717) is 17.2 Å². The van der Waals surface area contributed by atoms with Crippen LogP contribution in [0, 0.1) is 11.7 Å². The summed E-state index contributed by atoms with van der Waals surface area (Å²) < 4.78 is 18.4. The van der Waals surface area contributed by atoms with Gasteiger partial charge in [0.15, 0.2) is 0 Å². The molecule has 27 heavy (non-hydrogen) atoms. The molecule has 1 amide bonds. The van der Waals surface area contributed by atoms with E-state index in [0.717, 1.165) is 44.6 Å². The van der Waals surface area contributed by atoms with Crippen molar-refractivity contribution in [2.45, 2.75) is 25.4 Å².